The zero-order valence-corrected chi connectivity index (χ0v) is 14.3. The molecule has 1 aliphatic carbocycles. The summed E-state index contributed by atoms with van der Waals surface area (Å²) in [5.74, 6) is -1.88. The smallest absolute Gasteiger partial charge is 0.394 e. The van der Waals surface area contributed by atoms with Crippen LogP contribution in [0, 0.1) is 0 Å². The van der Waals surface area contributed by atoms with Crippen LogP contribution in [0.1, 0.15) is 49.4 Å². The van der Waals surface area contributed by atoms with Gasteiger partial charge in [0.2, 0.25) is 5.91 Å². The number of halogens is 2. The second kappa shape index (κ2) is 7.06. The highest BCUT2D eigenvalue weighted by Gasteiger charge is 2.47. The maximum absolute atomic E-state index is 13.6. The Bertz CT molecular complexity index is 718. The molecule has 4 N–H and O–H groups in total. The van der Waals surface area contributed by atoms with Crippen LogP contribution in [0.5, 0.6) is 11.5 Å². The van der Waals surface area contributed by atoms with Crippen LogP contribution in [0.4, 0.5) is 14.5 Å². The van der Waals surface area contributed by atoms with Crippen LogP contribution in [0.2, 0.25) is 0 Å². The predicted octanol–water partition coefficient (Wildman–Crippen LogP) is 2.36. The first-order valence-electron chi connectivity index (χ1n) is 8.57. The Labute approximate surface area is 149 Å². The van der Waals surface area contributed by atoms with Crippen molar-refractivity contribution in [2.75, 3.05) is 5.32 Å². The number of carbonyl (C=O) groups excluding carboxylic acids is 2. The quantitative estimate of drug-likeness (QED) is 0.756. The van der Waals surface area contributed by atoms with Crippen molar-refractivity contribution in [1.82, 2.24) is 5.32 Å². The number of hydrogen-bond acceptors (Lipinski definition) is 5. The fraction of sp³-hybridized carbons (Fsp3) is 0.529. The molecule has 2 amide bonds. The highest BCUT2D eigenvalue weighted by atomic mass is 19.3. The summed E-state index contributed by atoms with van der Waals surface area (Å²) in [6, 6.07) is 1.80. The van der Waals surface area contributed by atoms with Crippen LogP contribution in [0.25, 0.3) is 0 Å². The van der Waals surface area contributed by atoms with Crippen molar-refractivity contribution in [2.24, 2.45) is 5.73 Å². The minimum Gasteiger partial charge on any atom is -0.394 e. The van der Waals surface area contributed by atoms with E-state index in [0.717, 1.165) is 32.1 Å². The third-order valence-electron chi connectivity index (χ3n) is 4.41. The Morgan fingerprint density at radius 1 is 1.19 bits per heavy atom. The number of benzene rings is 1. The number of amides is 2. The molecule has 0 saturated heterocycles. The Morgan fingerprint density at radius 3 is 2.50 bits per heavy atom. The van der Waals surface area contributed by atoms with Gasteiger partial charge in [-0.15, -0.1) is 8.78 Å². The van der Waals surface area contributed by atoms with Crippen LogP contribution in [-0.4, -0.2) is 30.2 Å². The Morgan fingerprint density at radius 2 is 1.85 bits per heavy atom. The van der Waals surface area contributed by atoms with E-state index < -0.39 is 29.9 Å². The molecule has 7 nitrogen and oxygen atoms in total. The van der Waals surface area contributed by atoms with Crippen LogP contribution >= 0.6 is 0 Å². The van der Waals surface area contributed by atoms with Gasteiger partial charge in [0.1, 0.15) is 0 Å². The summed E-state index contributed by atoms with van der Waals surface area (Å²) in [6.45, 7) is 1.45. The molecule has 1 saturated carbocycles. The molecule has 1 aliphatic heterocycles. The fourth-order valence-corrected chi connectivity index (χ4v) is 3.06. The molecule has 1 heterocycles. The molecule has 1 fully saturated rings. The molecular weight excluding hydrogens is 348 g/mol. The summed E-state index contributed by atoms with van der Waals surface area (Å²) < 4.78 is 36.2. The SMILES string of the molecule is CC(N)C(=O)Nc1ccc(C(=O)NC2CCCCC2)c2c1OC(F)(F)O2. The Hall–Kier alpha value is -2.42. The zero-order valence-electron chi connectivity index (χ0n) is 14.3. The summed E-state index contributed by atoms with van der Waals surface area (Å²) in [7, 11) is 0. The standard InChI is InChI=1S/C17H21F2N3O4/c1-9(20)15(23)22-12-8-7-11(13-14(12)26-17(18,19)25-13)16(24)21-10-5-3-2-4-6-10/h7-10H,2-6,20H2,1H3,(H,21,24)(H,22,23). The summed E-state index contributed by atoms with van der Waals surface area (Å²) in [5.41, 5.74) is 5.37. The highest BCUT2D eigenvalue weighted by molar-refractivity contribution is 6.01. The second-order valence-electron chi connectivity index (χ2n) is 6.57. The van der Waals surface area contributed by atoms with Crippen LogP contribution in [-0.2, 0) is 4.79 Å². The molecule has 142 valence electrons. The molecule has 9 heteroatoms. The minimum absolute atomic E-state index is 0.00667. The van der Waals surface area contributed by atoms with E-state index in [-0.39, 0.29) is 23.0 Å². The lowest BCUT2D eigenvalue weighted by Crippen LogP contribution is -2.36. The minimum atomic E-state index is -3.92. The highest BCUT2D eigenvalue weighted by Crippen LogP contribution is 2.48. The monoisotopic (exact) mass is 369 g/mol. The third kappa shape index (κ3) is 3.87. The lowest BCUT2D eigenvalue weighted by molar-refractivity contribution is -0.286. The number of anilines is 1. The summed E-state index contributed by atoms with van der Waals surface area (Å²) in [6.07, 6.45) is 0.941. The number of alkyl halides is 2. The average Bonchev–Trinajstić information content (AvgIpc) is 2.91. The number of fused-ring (bicyclic) bond motifs is 1. The molecule has 0 spiro atoms. The maximum Gasteiger partial charge on any atom is 0.586 e. The fourth-order valence-electron chi connectivity index (χ4n) is 3.06. The van der Waals surface area contributed by atoms with Crippen molar-refractivity contribution < 1.29 is 27.8 Å². The second-order valence-corrected chi connectivity index (χ2v) is 6.57. The first-order chi connectivity index (χ1) is 12.3. The van der Waals surface area contributed by atoms with Crippen molar-refractivity contribution in [3.05, 3.63) is 17.7 Å². The van der Waals surface area contributed by atoms with E-state index in [1.165, 1.54) is 19.1 Å². The number of ether oxygens (including phenoxy) is 2. The van der Waals surface area contributed by atoms with Crippen molar-refractivity contribution in [3.8, 4) is 11.5 Å². The number of carbonyl (C=O) groups is 2. The van der Waals surface area contributed by atoms with Gasteiger partial charge in [-0.05, 0) is 31.9 Å². The summed E-state index contributed by atoms with van der Waals surface area (Å²) in [4.78, 5) is 24.3. The largest absolute Gasteiger partial charge is 0.586 e. The third-order valence-corrected chi connectivity index (χ3v) is 4.41. The van der Waals surface area contributed by atoms with Crippen LogP contribution < -0.4 is 25.8 Å². The first-order valence-corrected chi connectivity index (χ1v) is 8.57. The molecule has 1 unspecified atom stereocenters. The van der Waals surface area contributed by atoms with E-state index in [1.807, 2.05) is 0 Å². The number of nitrogens with two attached hydrogens (primary N) is 1. The van der Waals surface area contributed by atoms with Gasteiger partial charge in [-0.3, -0.25) is 9.59 Å². The molecule has 0 aromatic heterocycles. The van der Waals surface area contributed by atoms with Crippen molar-refractivity contribution >= 4 is 17.5 Å². The van der Waals surface area contributed by atoms with Gasteiger partial charge < -0.3 is 25.8 Å². The van der Waals surface area contributed by atoms with E-state index >= 15 is 0 Å². The van der Waals surface area contributed by atoms with E-state index in [9.17, 15) is 18.4 Å². The topological polar surface area (TPSA) is 103 Å². The lowest BCUT2D eigenvalue weighted by Gasteiger charge is -2.23. The lowest BCUT2D eigenvalue weighted by atomic mass is 9.95. The number of nitrogens with one attached hydrogen (secondary N) is 2. The van der Waals surface area contributed by atoms with Crippen LogP contribution in [0.15, 0.2) is 12.1 Å². The summed E-state index contributed by atoms with van der Waals surface area (Å²) in [5, 5.41) is 5.24. The molecule has 1 aromatic rings. The normalized spacial score (nSPS) is 19.7. The van der Waals surface area contributed by atoms with E-state index in [2.05, 4.69) is 20.1 Å². The van der Waals surface area contributed by atoms with Gasteiger partial charge in [0.25, 0.3) is 5.91 Å². The van der Waals surface area contributed by atoms with Crippen LogP contribution in [0.3, 0.4) is 0 Å². The molecule has 2 aliphatic rings. The van der Waals surface area contributed by atoms with Gasteiger partial charge >= 0.3 is 6.29 Å². The van der Waals surface area contributed by atoms with Gasteiger partial charge in [0.05, 0.1) is 17.3 Å². The number of rotatable bonds is 4. The summed E-state index contributed by atoms with van der Waals surface area (Å²) >= 11 is 0. The molecule has 26 heavy (non-hydrogen) atoms. The van der Waals surface area contributed by atoms with Gasteiger partial charge in [0, 0.05) is 6.04 Å². The zero-order chi connectivity index (χ0) is 18.9. The van der Waals surface area contributed by atoms with Gasteiger partial charge in [-0.1, -0.05) is 19.3 Å². The Kier molecular flexibility index (Phi) is 4.99. The average molecular weight is 369 g/mol. The van der Waals surface area contributed by atoms with Gasteiger partial charge in [-0.2, -0.15) is 0 Å². The molecule has 0 radical (unpaired) electrons. The van der Waals surface area contributed by atoms with Crippen molar-refractivity contribution in [1.29, 1.82) is 0 Å². The molecule has 0 bridgehead atoms. The molecular formula is C17H21F2N3O4. The van der Waals surface area contributed by atoms with Gasteiger partial charge in [-0.25, -0.2) is 0 Å². The number of hydrogen-bond donors (Lipinski definition) is 3. The van der Waals surface area contributed by atoms with E-state index in [0.29, 0.717) is 0 Å². The van der Waals surface area contributed by atoms with E-state index in [4.69, 9.17) is 5.73 Å². The molecule has 3 rings (SSSR count). The Balaban J connectivity index is 1.86. The first kappa shape index (κ1) is 18.4. The van der Waals surface area contributed by atoms with Crippen molar-refractivity contribution in [3.63, 3.8) is 0 Å². The van der Waals surface area contributed by atoms with E-state index in [1.54, 1.807) is 0 Å². The predicted molar refractivity (Wildman–Crippen MR) is 89.3 cm³/mol. The van der Waals surface area contributed by atoms with Gasteiger partial charge in [0.15, 0.2) is 11.5 Å². The van der Waals surface area contributed by atoms with Crippen molar-refractivity contribution in [2.45, 2.75) is 57.4 Å². The molecule has 1 aromatic carbocycles. The molecule has 1 atom stereocenters. The maximum atomic E-state index is 13.6.